The van der Waals surface area contributed by atoms with Gasteiger partial charge in [0.05, 0.1) is 0 Å². The van der Waals surface area contributed by atoms with Crippen LogP contribution in [0.1, 0.15) is 65.2 Å². The number of nitrogens with one attached hydrogen (secondary N) is 2. The number of likely N-dealkylation sites (tertiary alicyclic amines) is 2. The zero-order chi connectivity index (χ0) is 20.9. The topological polar surface area (TPSA) is 86.0 Å². The zero-order valence-corrected chi connectivity index (χ0v) is 18.8. The molecule has 2 saturated heterocycles. The highest BCUT2D eigenvalue weighted by Gasteiger charge is 2.22. The van der Waals surface area contributed by atoms with Crippen molar-refractivity contribution >= 4 is 11.9 Å². The Kier molecular flexibility index (Phi) is 11.4. The van der Waals surface area contributed by atoms with Crippen LogP contribution in [0.2, 0.25) is 0 Å². The summed E-state index contributed by atoms with van der Waals surface area (Å²) in [5, 5.41) is 6.88. The van der Waals surface area contributed by atoms with Gasteiger partial charge in [0, 0.05) is 38.1 Å². The van der Waals surface area contributed by atoms with Crippen molar-refractivity contribution < 1.29 is 4.79 Å². The Bertz CT molecular complexity index is 490. The lowest BCUT2D eigenvalue weighted by molar-refractivity contribution is -0.123. The number of nitrogens with two attached hydrogens (primary N) is 1. The predicted molar refractivity (Wildman–Crippen MR) is 121 cm³/mol. The van der Waals surface area contributed by atoms with Gasteiger partial charge in [-0.2, -0.15) is 0 Å². The van der Waals surface area contributed by atoms with Crippen molar-refractivity contribution in [2.24, 2.45) is 16.6 Å². The fourth-order valence-corrected chi connectivity index (χ4v) is 4.56. The van der Waals surface area contributed by atoms with Crippen molar-refractivity contribution in [3.8, 4) is 0 Å². The highest BCUT2D eigenvalue weighted by Crippen LogP contribution is 2.18. The first-order chi connectivity index (χ1) is 14.1. The number of unbranched alkanes of at least 4 members (excludes halogenated alkanes) is 1. The number of hydrogen-bond donors (Lipinski definition) is 3. The molecule has 1 unspecified atom stereocenters. The standard InChI is InChI=1S/C22H44N6O/c1-3-20-9-5-7-15-28(20)18-13-26-22(24-4-2)25-12-6-8-14-27-16-10-19(11-17-27)21(23)29/h19-20H,3-18H2,1-2H3,(H2,23,29)(H2,24,25,26). The molecule has 2 rings (SSSR count). The maximum absolute atomic E-state index is 11.2. The smallest absolute Gasteiger partial charge is 0.220 e. The van der Waals surface area contributed by atoms with E-state index in [0.29, 0.717) is 0 Å². The van der Waals surface area contributed by atoms with E-state index >= 15 is 0 Å². The molecule has 0 aromatic heterocycles. The van der Waals surface area contributed by atoms with Crippen LogP contribution in [0.25, 0.3) is 0 Å². The van der Waals surface area contributed by atoms with Gasteiger partial charge in [0.1, 0.15) is 0 Å². The minimum Gasteiger partial charge on any atom is -0.369 e. The van der Waals surface area contributed by atoms with E-state index in [-0.39, 0.29) is 11.8 Å². The fourth-order valence-electron chi connectivity index (χ4n) is 4.56. The summed E-state index contributed by atoms with van der Waals surface area (Å²) in [6.07, 6.45) is 9.40. The maximum atomic E-state index is 11.2. The molecule has 1 atom stereocenters. The predicted octanol–water partition coefficient (Wildman–Crippen LogP) is 1.78. The van der Waals surface area contributed by atoms with Gasteiger partial charge in [-0.05, 0) is 78.0 Å². The molecule has 168 valence electrons. The van der Waals surface area contributed by atoms with E-state index < -0.39 is 0 Å². The molecular formula is C22H44N6O. The first-order valence-corrected chi connectivity index (χ1v) is 11.9. The number of guanidine groups is 1. The van der Waals surface area contributed by atoms with Gasteiger partial charge in [-0.1, -0.05) is 13.3 Å². The molecule has 0 aliphatic carbocycles. The van der Waals surface area contributed by atoms with Crippen LogP contribution in [0.4, 0.5) is 0 Å². The van der Waals surface area contributed by atoms with E-state index in [1.807, 2.05) is 0 Å². The summed E-state index contributed by atoms with van der Waals surface area (Å²) in [6.45, 7) is 12.6. The summed E-state index contributed by atoms with van der Waals surface area (Å²) in [6, 6.07) is 0.762. The van der Waals surface area contributed by atoms with Crippen LogP contribution in [0.5, 0.6) is 0 Å². The normalized spacial score (nSPS) is 22.6. The fraction of sp³-hybridized carbons (Fsp3) is 0.909. The number of aliphatic imine (C=N–C) groups is 1. The van der Waals surface area contributed by atoms with E-state index in [1.165, 1.54) is 32.2 Å². The highest BCUT2D eigenvalue weighted by molar-refractivity contribution is 5.79. The summed E-state index contributed by atoms with van der Waals surface area (Å²) >= 11 is 0. The number of carbonyl (C=O) groups is 1. The third-order valence-corrected chi connectivity index (χ3v) is 6.40. The molecule has 29 heavy (non-hydrogen) atoms. The van der Waals surface area contributed by atoms with E-state index in [0.717, 1.165) is 83.5 Å². The largest absolute Gasteiger partial charge is 0.369 e. The first-order valence-electron chi connectivity index (χ1n) is 11.9. The molecule has 2 heterocycles. The number of primary amides is 1. The lowest BCUT2D eigenvalue weighted by Crippen LogP contribution is -2.46. The van der Waals surface area contributed by atoms with Crippen molar-refractivity contribution in [3.05, 3.63) is 0 Å². The Labute approximate surface area is 177 Å². The van der Waals surface area contributed by atoms with Crippen LogP contribution in [0.3, 0.4) is 0 Å². The minimum atomic E-state index is -0.132. The molecule has 0 radical (unpaired) electrons. The molecule has 0 bridgehead atoms. The Morgan fingerprint density at radius 2 is 1.83 bits per heavy atom. The summed E-state index contributed by atoms with van der Waals surface area (Å²) in [5.41, 5.74) is 5.41. The van der Waals surface area contributed by atoms with Gasteiger partial charge in [0.15, 0.2) is 5.96 Å². The lowest BCUT2D eigenvalue weighted by atomic mass is 9.96. The zero-order valence-electron chi connectivity index (χ0n) is 18.8. The van der Waals surface area contributed by atoms with Crippen molar-refractivity contribution in [1.29, 1.82) is 0 Å². The molecule has 7 nitrogen and oxygen atoms in total. The molecule has 2 aliphatic heterocycles. The van der Waals surface area contributed by atoms with Crippen LogP contribution in [-0.4, -0.2) is 80.1 Å². The van der Waals surface area contributed by atoms with Crippen molar-refractivity contribution in [2.75, 3.05) is 52.4 Å². The summed E-state index contributed by atoms with van der Waals surface area (Å²) in [7, 11) is 0. The second kappa shape index (κ2) is 13.8. The molecule has 0 saturated carbocycles. The summed E-state index contributed by atoms with van der Waals surface area (Å²) in [5.74, 6) is 0.898. The molecule has 1 amide bonds. The Morgan fingerprint density at radius 3 is 2.52 bits per heavy atom. The number of hydrogen-bond acceptors (Lipinski definition) is 4. The second-order valence-electron chi connectivity index (χ2n) is 8.51. The van der Waals surface area contributed by atoms with E-state index in [4.69, 9.17) is 10.7 Å². The number of amides is 1. The third-order valence-electron chi connectivity index (χ3n) is 6.40. The van der Waals surface area contributed by atoms with E-state index in [2.05, 4.69) is 34.3 Å². The molecule has 4 N–H and O–H groups in total. The van der Waals surface area contributed by atoms with Gasteiger partial charge >= 0.3 is 0 Å². The molecule has 0 aromatic carbocycles. The minimum absolute atomic E-state index is 0.0853. The van der Waals surface area contributed by atoms with Gasteiger partial charge in [-0.3, -0.25) is 14.7 Å². The highest BCUT2D eigenvalue weighted by atomic mass is 16.1. The van der Waals surface area contributed by atoms with Gasteiger partial charge in [0.25, 0.3) is 0 Å². The van der Waals surface area contributed by atoms with Crippen LogP contribution in [0, 0.1) is 5.92 Å². The SMILES string of the molecule is CCNC(=NCCCCN1CCC(C(N)=O)CC1)NCCN1CCCCC1CC. The maximum Gasteiger partial charge on any atom is 0.220 e. The second-order valence-corrected chi connectivity index (χ2v) is 8.51. The van der Waals surface area contributed by atoms with Gasteiger partial charge < -0.3 is 21.3 Å². The monoisotopic (exact) mass is 408 g/mol. The Morgan fingerprint density at radius 1 is 1.03 bits per heavy atom. The summed E-state index contributed by atoms with van der Waals surface area (Å²) < 4.78 is 0. The molecular weight excluding hydrogens is 364 g/mol. The van der Waals surface area contributed by atoms with Gasteiger partial charge in [-0.25, -0.2) is 0 Å². The van der Waals surface area contributed by atoms with Crippen molar-refractivity contribution in [1.82, 2.24) is 20.4 Å². The van der Waals surface area contributed by atoms with Crippen LogP contribution < -0.4 is 16.4 Å². The van der Waals surface area contributed by atoms with Crippen LogP contribution >= 0.6 is 0 Å². The average Bonchev–Trinajstić information content (AvgIpc) is 2.74. The van der Waals surface area contributed by atoms with Crippen LogP contribution in [0.15, 0.2) is 4.99 Å². The quantitative estimate of drug-likeness (QED) is 0.276. The molecule has 7 heteroatoms. The number of carbonyl (C=O) groups excluding carboxylic acids is 1. The third kappa shape index (κ3) is 8.91. The number of nitrogens with zero attached hydrogens (tertiary/aromatic N) is 3. The molecule has 2 aliphatic rings. The summed E-state index contributed by atoms with van der Waals surface area (Å²) in [4.78, 5) is 21.1. The van der Waals surface area contributed by atoms with Gasteiger partial charge in [-0.15, -0.1) is 0 Å². The van der Waals surface area contributed by atoms with Crippen molar-refractivity contribution in [2.45, 2.75) is 71.3 Å². The first kappa shape index (κ1) is 23.9. The number of piperidine rings is 2. The van der Waals surface area contributed by atoms with Crippen LogP contribution in [-0.2, 0) is 4.79 Å². The molecule has 2 fully saturated rings. The van der Waals surface area contributed by atoms with E-state index in [1.54, 1.807) is 0 Å². The van der Waals surface area contributed by atoms with Gasteiger partial charge in [0.2, 0.25) is 5.91 Å². The lowest BCUT2D eigenvalue weighted by Gasteiger charge is -2.35. The average molecular weight is 409 g/mol. The Balaban J connectivity index is 1.60. The van der Waals surface area contributed by atoms with E-state index in [9.17, 15) is 4.79 Å². The number of rotatable bonds is 11. The Hall–Kier alpha value is -1.34. The molecule has 0 aromatic rings. The van der Waals surface area contributed by atoms with Crippen molar-refractivity contribution in [3.63, 3.8) is 0 Å². The molecule has 0 spiro atoms.